The molecule has 112 valence electrons. The van der Waals surface area contributed by atoms with Crippen molar-refractivity contribution in [1.82, 2.24) is 5.32 Å². The van der Waals surface area contributed by atoms with Gasteiger partial charge in [-0.3, -0.25) is 4.79 Å². The van der Waals surface area contributed by atoms with Gasteiger partial charge in [-0.25, -0.2) is 0 Å². The van der Waals surface area contributed by atoms with E-state index in [-0.39, 0.29) is 18.3 Å². The number of rotatable bonds is 4. The van der Waals surface area contributed by atoms with E-state index in [0.717, 1.165) is 32.5 Å². The molecule has 6 heteroatoms. The maximum Gasteiger partial charge on any atom is 0.252 e. The van der Waals surface area contributed by atoms with Gasteiger partial charge in [-0.05, 0) is 43.4 Å². The first kappa shape index (κ1) is 17.1. The maximum absolute atomic E-state index is 12.0. The molecule has 0 bridgehead atoms. The monoisotopic (exact) mass is 318 g/mol. The van der Waals surface area contributed by atoms with Gasteiger partial charge in [0, 0.05) is 25.4 Å². The lowest BCUT2D eigenvalue weighted by Gasteiger charge is -2.21. The average Bonchev–Trinajstić information content (AvgIpc) is 2.39. The molecule has 1 saturated heterocycles. The molecule has 1 aromatic rings. The molecule has 1 amide bonds. The van der Waals surface area contributed by atoms with Gasteiger partial charge in [0.05, 0.1) is 10.6 Å². The van der Waals surface area contributed by atoms with Gasteiger partial charge in [0.1, 0.15) is 0 Å². The van der Waals surface area contributed by atoms with Crippen molar-refractivity contribution in [1.29, 1.82) is 0 Å². The van der Waals surface area contributed by atoms with Crippen molar-refractivity contribution in [3.8, 4) is 0 Å². The molecule has 3 N–H and O–H groups in total. The molecule has 0 aliphatic carbocycles. The fourth-order valence-corrected chi connectivity index (χ4v) is 2.51. The molecule has 2 rings (SSSR count). The van der Waals surface area contributed by atoms with Crippen molar-refractivity contribution < 1.29 is 9.53 Å². The fourth-order valence-electron chi connectivity index (χ4n) is 2.24. The van der Waals surface area contributed by atoms with Crippen LogP contribution in [0.5, 0.6) is 0 Å². The lowest BCUT2D eigenvalue weighted by Crippen LogP contribution is -2.27. The highest BCUT2D eigenvalue weighted by atomic mass is 35.5. The van der Waals surface area contributed by atoms with E-state index in [1.807, 2.05) is 0 Å². The molecule has 1 aliphatic heterocycles. The third-order valence-corrected chi connectivity index (χ3v) is 3.73. The Morgan fingerprint density at radius 2 is 2.10 bits per heavy atom. The predicted molar refractivity (Wildman–Crippen MR) is 83.6 cm³/mol. The zero-order valence-corrected chi connectivity index (χ0v) is 12.8. The van der Waals surface area contributed by atoms with Crippen LogP contribution in [0.15, 0.2) is 18.2 Å². The minimum absolute atomic E-state index is 0. The molecule has 0 saturated carbocycles. The maximum atomic E-state index is 12.0. The average molecular weight is 319 g/mol. The van der Waals surface area contributed by atoms with Gasteiger partial charge < -0.3 is 15.8 Å². The van der Waals surface area contributed by atoms with E-state index in [4.69, 9.17) is 22.1 Å². The van der Waals surface area contributed by atoms with Gasteiger partial charge in [-0.1, -0.05) is 11.6 Å². The Hall–Kier alpha value is -0.970. The second-order valence-electron chi connectivity index (χ2n) is 4.84. The van der Waals surface area contributed by atoms with Crippen molar-refractivity contribution in [3.05, 3.63) is 28.8 Å². The number of amides is 1. The Morgan fingerprint density at radius 1 is 1.40 bits per heavy atom. The number of hydrogen-bond acceptors (Lipinski definition) is 3. The number of hydrogen-bond donors (Lipinski definition) is 2. The van der Waals surface area contributed by atoms with Crippen molar-refractivity contribution >= 4 is 35.6 Å². The van der Waals surface area contributed by atoms with E-state index in [0.29, 0.717) is 28.7 Å². The minimum atomic E-state index is -0.142. The van der Waals surface area contributed by atoms with E-state index < -0.39 is 0 Å². The van der Waals surface area contributed by atoms with Crippen LogP contribution < -0.4 is 11.1 Å². The molecular formula is C14H20Cl2N2O2. The highest BCUT2D eigenvalue weighted by Crippen LogP contribution is 2.20. The van der Waals surface area contributed by atoms with E-state index in [2.05, 4.69) is 5.32 Å². The highest BCUT2D eigenvalue weighted by molar-refractivity contribution is 6.34. The van der Waals surface area contributed by atoms with E-state index in [1.165, 1.54) is 0 Å². The molecule has 0 atom stereocenters. The van der Waals surface area contributed by atoms with Gasteiger partial charge >= 0.3 is 0 Å². The van der Waals surface area contributed by atoms with Crippen LogP contribution in [0, 0.1) is 5.92 Å². The number of carbonyl (C=O) groups excluding carboxylic acids is 1. The van der Waals surface area contributed by atoms with Gasteiger partial charge in [0.2, 0.25) is 0 Å². The molecule has 20 heavy (non-hydrogen) atoms. The number of nitrogens with one attached hydrogen (secondary N) is 1. The lowest BCUT2D eigenvalue weighted by molar-refractivity contribution is 0.0636. The first-order valence-electron chi connectivity index (χ1n) is 6.58. The molecule has 0 spiro atoms. The predicted octanol–water partition coefficient (Wildman–Crippen LogP) is 2.89. The van der Waals surface area contributed by atoms with Crippen molar-refractivity contribution in [2.24, 2.45) is 5.92 Å². The van der Waals surface area contributed by atoms with Gasteiger partial charge in [-0.15, -0.1) is 12.4 Å². The van der Waals surface area contributed by atoms with Crippen LogP contribution in [0.4, 0.5) is 5.69 Å². The Kier molecular flexibility index (Phi) is 7.13. The summed E-state index contributed by atoms with van der Waals surface area (Å²) in [4.78, 5) is 12.0. The van der Waals surface area contributed by atoms with Crippen LogP contribution in [0.2, 0.25) is 5.02 Å². The number of anilines is 1. The van der Waals surface area contributed by atoms with Crippen LogP contribution in [-0.4, -0.2) is 25.7 Å². The quantitative estimate of drug-likeness (QED) is 0.839. The zero-order chi connectivity index (χ0) is 13.7. The summed E-state index contributed by atoms with van der Waals surface area (Å²) in [5.74, 6) is 0.507. The smallest absolute Gasteiger partial charge is 0.252 e. The third kappa shape index (κ3) is 4.85. The van der Waals surface area contributed by atoms with Gasteiger partial charge in [0.25, 0.3) is 5.91 Å². The van der Waals surface area contributed by atoms with Crippen LogP contribution in [-0.2, 0) is 4.74 Å². The normalized spacial score (nSPS) is 15.4. The van der Waals surface area contributed by atoms with Gasteiger partial charge in [0.15, 0.2) is 0 Å². The van der Waals surface area contributed by atoms with Crippen molar-refractivity contribution in [2.75, 3.05) is 25.5 Å². The van der Waals surface area contributed by atoms with Crippen LogP contribution >= 0.6 is 24.0 Å². The molecule has 4 nitrogen and oxygen atoms in total. The molecule has 0 unspecified atom stereocenters. The Morgan fingerprint density at radius 3 is 2.75 bits per heavy atom. The second kappa shape index (κ2) is 8.35. The zero-order valence-electron chi connectivity index (χ0n) is 11.2. The summed E-state index contributed by atoms with van der Waals surface area (Å²) in [6, 6.07) is 4.93. The highest BCUT2D eigenvalue weighted by Gasteiger charge is 2.15. The summed E-state index contributed by atoms with van der Waals surface area (Å²) in [6.45, 7) is 2.34. The van der Waals surface area contributed by atoms with Crippen molar-refractivity contribution in [2.45, 2.75) is 19.3 Å². The third-order valence-electron chi connectivity index (χ3n) is 3.42. The van der Waals surface area contributed by atoms with Gasteiger partial charge in [-0.2, -0.15) is 0 Å². The fraction of sp³-hybridized carbons (Fsp3) is 0.500. The van der Waals surface area contributed by atoms with E-state index >= 15 is 0 Å². The molecule has 1 aromatic carbocycles. The minimum Gasteiger partial charge on any atom is -0.399 e. The number of benzene rings is 1. The molecule has 1 aliphatic rings. The molecule has 1 heterocycles. The summed E-state index contributed by atoms with van der Waals surface area (Å²) in [7, 11) is 0. The standard InChI is InChI=1S/C14H19ClN2O2.ClH/c15-13-9-11(16)1-2-12(13)14(18)17-6-3-10-4-7-19-8-5-10;/h1-2,9-10H,3-8,16H2,(H,17,18);1H. The molecule has 0 aromatic heterocycles. The number of nitrogens with two attached hydrogens (primary N) is 1. The first-order valence-corrected chi connectivity index (χ1v) is 6.95. The van der Waals surface area contributed by atoms with E-state index in [9.17, 15) is 4.79 Å². The van der Waals surface area contributed by atoms with Crippen LogP contribution in [0.3, 0.4) is 0 Å². The summed E-state index contributed by atoms with van der Waals surface area (Å²) >= 11 is 5.99. The number of halogens is 2. The number of ether oxygens (including phenoxy) is 1. The first-order chi connectivity index (χ1) is 9.16. The Balaban J connectivity index is 0.00000200. The number of carbonyl (C=O) groups is 1. The second-order valence-corrected chi connectivity index (χ2v) is 5.25. The molecule has 0 radical (unpaired) electrons. The van der Waals surface area contributed by atoms with Crippen molar-refractivity contribution in [3.63, 3.8) is 0 Å². The molecular weight excluding hydrogens is 299 g/mol. The summed E-state index contributed by atoms with van der Waals surface area (Å²) in [6.07, 6.45) is 3.15. The Labute approximate surface area is 130 Å². The molecule has 1 fully saturated rings. The summed E-state index contributed by atoms with van der Waals surface area (Å²) in [5, 5.41) is 3.29. The number of nitrogen functional groups attached to an aromatic ring is 1. The van der Waals surface area contributed by atoms with Crippen LogP contribution in [0.1, 0.15) is 29.6 Å². The lowest BCUT2D eigenvalue weighted by atomic mass is 9.97. The topological polar surface area (TPSA) is 64.4 Å². The SMILES string of the molecule is Cl.Nc1ccc(C(=O)NCCC2CCOCC2)c(Cl)c1. The largest absolute Gasteiger partial charge is 0.399 e. The van der Waals surface area contributed by atoms with Crippen LogP contribution in [0.25, 0.3) is 0 Å². The van der Waals surface area contributed by atoms with E-state index in [1.54, 1.807) is 18.2 Å². The Bertz CT molecular complexity index is 449. The summed E-state index contributed by atoms with van der Waals surface area (Å²) < 4.78 is 5.31. The summed E-state index contributed by atoms with van der Waals surface area (Å²) in [5.41, 5.74) is 6.63.